The van der Waals surface area contributed by atoms with Crippen LogP contribution in [0, 0.1) is 0 Å². The molecule has 0 amide bonds. The molecule has 6 rings (SSSR count). The van der Waals surface area contributed by atoms with E-state index >= 15 is 0 Å². The van der Waals surface area contributed by atoms with Crippen molar-refractivity contribution in [2.75, 3.05) is 17.0 Å². The van der Waals surface area contributed by atoms with E-state index in [4.69, 9.17) is 5.10 Å². The van der Waals surface area contributed by atoms with Crippen LogP contribution in [0.3, 0.4) is 0 Å². The molecule has 5 nitrogen and oxygen atoms in total. The van der Waals surface area contributed by atoms with Crippen molar-refractivity contribution < 1.29 is 0 Å². The van der Waals surface area contributed by atoms with Gasteiger partial charge in [0.25, 0.3) is 0 Å². The van der Waals surface area contributed by atoms with Gasteiger partial charge in [-0.25, -0.2) is 5.01 Å². The molecule has 0 atom stereocenters. The lowest BCUT2D eigenvalue weighted by Gasteiger charge is -2.29. The third-order valence-corrected chi connectivity index (χ3v) is 6.82. The summed E-state index contributed by atoms with van der Waals surface area (Å²) in [6, 6.07) is 49.9. The van der Waals surface area contributed by atoms with Gasteiger partial charge in [-0.15, -0.1) is 0 Å². The summed E-state index contributed by atoms with van der Waals surface area (Å²) in [5.74, 6) is 0. The molecule has 0 spiro atoms. The lowest BCUT2D eigenvalue weighted by molar-refractivity contribution is 0.595. The molecule has 0 radical (unpaired) electrons. The Kier molecular flexibility index (Phi) is 7.86. The molecule has 6 aromatic rings. The molecule has 5 aromatic carbocycles. The van der Waals surface area contributed by atoms with Gasteiger partial charge < -0.3 is 10.6 Å². The maximum atomic E-state index is 5.04. The Morgan fingerprint density at radius 3 is 1.68 bits per heavy atom. The van der Waals surface area contributed by atoms with Crippen LogP contribution < -0.4 is 15.6 Å². The molecule has 41 heavy (non-hydrogen) atoms. The zero-order valence-electron chi connectivity index (χ0n) is 22.6. The predicted octanol–water partition coefficient (Wildman–Crippen LogP) is 8.28. The Morgan fingerprint density at radius 2 is 1.10 bits per heavy atom. The van der Waals surface area contributed by atoms with Crippen LogP contribution in [0.5, 0.6) is 0 Å². The van der Waals surface area contributed by atoms with E-state index in [1.165, 1.54) is 0 Å². The molecule has 0 fully saturated rings. The second-order valence-corrected chi connectivity index (χ2v) is 9.53. The first-order chi connectivity index (χ1) is 20.4. The monoisotopic (exact) mass is 533 g/mol. The van der Waals surface area contributed by atoms with Crippen LogP contribution in [0.15, 0.2) is 164 Å². The average molecular weight is 534 g/mol. The Labute approximate surface area is 241 Å². The summed E-state index contributed by atoms with van der Waals surface area (Å²) in [7, 11) is 0. The summed E-state index contributed by atoms with van der Waals surface area (Å²) in [6.45, 7) is 0.479. The Balaban J connectivity index is 1.43. The molecule has 0 aliphatic carbocycles. The number of nitrogens with one attached hydrogen (secondary N) is 2. The fourth-order valence-corrected chi connectivity index (χ4v) is 4.86. The molecule has 5 heteroatoms. The normalized spacial score (nSPS) is 10.9. The van der Waals surface area contributed by atoms with Crippen LogP contribution >= 0.6 is 0 Å². The quantitative estimate of drug-likeness (QED) is 0.174. The molecule has 0 saturated carbocycles. The third kappa shape index (κ3) is 6.05. The van der Waals surface area contributed by atoms with Crippen molar-refractivity contribution in [2.24, 2.45) is 0 Å². The Bertz CT molecular complexity index is 1640. The second kappa shape index (κ2) is 12.5. The van der Waals surface area contributed by atoms with E-state index in [1.54, 1.807) is 0 Å². The zero-order chi connectivity index (χ0) is 27.7. The SMILES string of the molecule is C(=C/Nc1ccccc1)/NCN(c1c(-c2ccccc2)cccc1-c1ccccc1)n1ccc(-c2ccccc2)n1. The van der Waals surface area contributed by atoms with Gasteiger partial charge in [-0.1, -0.05) is 127 Å². The van der Waals surface area contributed by atoms with Crippen molar-refractivity contribution in [1.82, 2.24) is 15.2 Å². The molecule has 200 valence electrons. The average Bonchev–Trinajstić information content (AvgIpc) is 3.54. The summed E-state index contributed by atoms with van der Waals surface area (Å²) in [6.07, 6.45) is 5.86. The van der Waals surface area contributed by atoms with Crippen molar-refractivity contribution in [3.8, 4) is 33.5 Å². The Hall–Kier alpha value is -5.55. The highest BCUT2D eigenvalue weighted by Gasteiger charge is 2.20. The molecule has 2 N–H and O–H groups in total. The fourth-order valence-electron chi connectivity index (χ4n) is 4.86. The van der Waals surface area contributed by atoms with Gasteiger partial charge in [-0.2, -0.15) is 9.89 Å². The highest BCUT2D eigenvalue weighted by Crippen LogP contribution is 2.39. The van der Waals surface area contributed by atoms with Crippen molar-refractivity contribution in [3.05, 3.63) is 164 Å². The van der Waals surface area contributed by atoms with Crippen molar-refractivity contribution in [3.63, 3.8) is 0 Å². The van der Waals surface area contributed by atoms with Gasteiger partial charge in [0.2, 0.25) is 0 Å². The molecule has 0 saturated heterocycles. The van der Waals surface area contributed by atoms with Crippen LogP contribution in [0.2, 0.25) is 0 Å². The van der Waals surface area contributed by atoms with Gasteiger partial charge >= 0.3 is 0 Å². The van der Waals surface area contributed by atoms with Crippen LogP contribution in [-0.4, -0.2) is 16.6 Å². The summed E-state index contributed by atoms with van der Waals surface area (Å²) < 4.78 is 0. The van der Waals surface area contributed by atoms with E-state index < -0.39 is 0 Å². The van der Waals surface area contributed by atoms with Gasteiger partial charge in [-0.05, 0) is 29.3 Å². The maximum absolute atomic E-state index is 5.04. The minimum atomic E-state index is 0.479. The van der Waals surface area contributed by atoms with E-state index in [0.717, 1.165) is 44.9 Å². The minimum absolute atomic E-state index is 0.479. The smallest absolute Gasteiger partial charge is 0.110 e. The van der Waals surface area contributed by atoms with Gasteiger partial charge in [0.05, 0.1) is 11.4 Å². The summed E-state index contributed by atoms with van der Waals surface area (Å²) in [5.41, 5.74) is 8.60. The number of para-hydroxylation sites is 2. The first-order valence-electron chi connectivity index (χ1n) is 13.7. The van der Waals surface area contributed by atoms with Crippen molar-refractivity contribution in [2.45, 2.75) is 0 Å². The topological polar surface area (TPSA) is 45.1 Å². The summed E-state index contributed by atoms with van der Waals surface area (Å²) >= 11 is 0. The summed E-state index contributed by atoms with van der Waals surface area (Å²) in [5, 5.41) is 14.0. The van der Waals surface area contributed by atoms with E-state index in [2.05, 4.69) is 101 Å². The molecule has 0 aliphatic rings. The molecule has 0 unspecified atom stereocenters. The van der Waals surface area contributed by atoms with Crippen LogP contribution in [0.25, 0.3) is 33.5 Å². The number of nitrogens with zero attached hydrogens (tertiary/aromatic N) is 3. The number of rotatable bonds is 10. The van der Waals surface area contributed by atoms with Crippen molar-refractivity contribution in [1.29, 1.82) is 0 Å². The first-order valence-corrected chi connectivity index (χ1v) is 13.7. The number of aromatic nitrogens is 2. The third-order valence-electron chi connectivity index (χ3n) is 6.82. The molecular weight excluding hydrogens is 502 g/mol. The molecule has 0 bridgehead atoms. The van der Waals surface area contributed by atoms with Crippen molar-refractivity contribution >= 4 is 11.4 Å². The van der Waals surface area contributed by atoms with E-state index in [1.807, 2.05) is 84.1 Å². The largest absolute Gasteiger partial charge is 0.371 e. The van der Waals surface area contributed by atoms with Crippen LogP contribution in [-0.2, 0) is 0 Å². The molecule has 1 aromatic heterocycles. The van der Waals surface area contributed by atoms with Gasteiger partial charge in [0.1, 0.15) is 6.67 Å². The summed E-state index contributed by atoms with van der Waals surface area (Å²) in [4.78, 5) is 1.93. The Morgan fingerprint density at radius 1 is 0.561 bits per heavy atom. The first kappa shape index (κ1) is 25.7. The van der Waals surface area contributed by atoms with E-state index in [9.17, 15) is 0 Å². The number of hydrogen-bond acceptors (Lipinski definition) is 4. The fraction of sp³-hybridized carbons (Fsp3) is 0.0278. The van der Waals surface area contributed by atoms with Gasteiger partial charge in [0, 0.05) is 41.0 Å². The molecular formula is C36H31N5. The lowest BCUT2D eigenvalue weighted by atomic mass is 9.95. The van der Waals surface area contributed by atoms with Crippen LogP contribution in [0.1, 0.15) is 0 Å². The van der Waals surface area contributed by atoms with Gasteiger partial charge in [0.15, 0.2) is 0 Å². The number of anilines is 2. The number of hydrogen-bond donors (Lipinski definition) is 2. The van der Waals surface area contributed by atoms with Gasteiger partial charge in [-0.3, -0.25) is 0 Å². The highest BCUT2D eigenvalue weighted by molar-refractivity contribution is 5.91. The minimum Gasteiger partial charge on any atom is -0.371 e. The molecule has 1 heterocycles. The molecule has 0 aliphatic heterocycles. The van der Waals surface area contributed by atoms with E-state index in [-0.39, 0.29) is 0 Å². The maximum Gasteiger partial charge on any atom is 0.110 e. The van der Waals surface area contributed by atoms with Crippen LogP contribution in [0.4, 0.5) is 11.4 Å². The van der Waals surface area contributed by atoms with E-state index in [0.29, 0.717) is 6.67 Å². The zero-order valence-corrected chi connectivity index (χ0v) is 22.6. The standard InChI is InChI=1S/C36H31N5/c1-5-14-29(15-6-1)33-22-13-23-34(30-16-7-2-8-17-30)36(33)40(28-37-25-26-38-32-20-11-4-12-21-32)41-27-24-35(39-41)31-18-9-3-10-19-31/h1-27,37-38H,28H2/b26-25-. The lowest BCUT2D eigenvalue weighted by Crippen LogP contribution is -2.37. The highest BCUT2D eigenvalue weighted by atomic mass is 15.7. The second-order valence-electron chi connectivity index (χ2n) is 9.53. The predicted molar refractivity (Wildman–Crippen MR) is 170 cm³/mol. The number of benzene rings is 5.